The monoisotopic (exact) mass is 1190 g/mol. The van der Waals surface area contributed by atoms with Crippen LogP contribution in [0.2, 0.25) is 0 Å². The van der Waals surface area contributed by atoms with Crippen LogP contribution in [0.15, 0.2) is 31.0 Å². The van der Waals surface area contributed by atoms with Crippen molar-refractivity contribution in [3.05, 3.63) is 59.5 Å². The van der Waals surface area contributed by atoms with Crippen LogP contribution in [0.5, 0.6) is 0 Å². The van der Waals surface area contributed by atoms with Crippen LogP contribution in [0.25, 0.3) is 0 Å². The van der Waals surface area contributed by atoms with Crippen molar-refractivity contribution in [2.75, 3.05) is 0 Å². The van der Waals surface area contributed by atoms with Crippen LogP contribution in [0.3, 0.4) is 0 Å². The summed E-state index contributed by atoms with van der Waals surface area (Å²) in [6.07, 6.45) is 40.7. The summed E-state index contributed by atoms with van der Waals surface area (Å²) in [6, 6.07) is 0. The van der Waals surface area contributed by atoms with Crippen molar-refractivity contribution in [1.29, 1.82) is 0 Å². The van der Waals surface area contributed by atoms with E-state index in [1.165, 1.54) is 157 Å². The van der Waals surface area contributed by atoms with E-state index in [4.69, 9.17) is 0 Å². The van der Waals surface area contributed by atoms with Crippen molar-refractivity contribution >= 4 is 0 Å². The van der Waals surface area contributed by atoms with Crippen LogP contribution >= 0.6 is 0 Å². The number of unbranched alkanes of at least 4 members (excludes halogenated alkanes) is 4. The Morgan fingerprint density at radius 3 is 0.741 bits per heavy atom. The van der Waals surface area contributed by atoms with Gasteiger partial charge in [0.1, 0.15) is 0 Å². The lowest BCUT2D eigenvalue weighted by molar-refractivity contribution is 0.453. The Hall–Kier alpha value is -4.30. The van der Waals surface area contributed by atoms with E-state index in [1.54, 1.807) is 0 Å². The van der Waals surface area contributed by atoms with Crippen LogP contribution in [-0.4, -0.2) is 75.0 Å². The first kappa shape index (κ1) is 78.7. The Balaban J connectivity index is 0.000000531. The van der Waals surface area contributed by atoms with Crippen LogP contribution in [0, 0.1) is 59.2 Å². The molecule has 5 heterocycles. The predicted molar refractivity (Wildman–Crippen MR) is 359 cm³/mol. The van der Waals surface area contributed by atoms with Crippen LogP contribution < -0.4 is 0 Å². The lowest BCUT2D eigenvalue weighted by Crippen LogP contribution is -2.09. The number of nitrogens with zero attached hydrogens (tertiary/aromatic N) is 15. The normalized spacial score (nSPS) is 11.6. The first-order chi connectivity index (χ1) is 40.5. The highest BCUT2D eigenvalue weighted by molar-refractivity contribution is 4.97. The van der Waals surface area contributed by atoms with Gasteiger partial charge in [0.15, 0.2) is 0 Å². The summed E-state index contributed by atoms with van der Waals surface area (Å²) in [5, 5.41) is 41.0. The molecule has 0 bridgehead atoms. The summed E-state index contributed by atoms with van der Waals surface area (Å²) in [5.41, 5.74) is 6.50. The molecule has 0 N–H and O–H groups in total. The average Bonchev–Trinajstić information content (AvgIpc) is 4.44. The zero-order valence-corrected chi connectivity index (χ0v) is 59.1. The van der Waals surface area contributed by atoms with E-state index in [1.807, 2.05) is 31.0 Å². The molecule has 0 saturated carbocycles. The Morgan fingerprint density at radius 2 is 0.447 bits per heavy atom. The Bertz CT molecular complexity index is 2050. The van der Waals surface area contributed by atoms with Crippen molar-refractivity contribution in [2.45, 2.75) is 332 Å². The Kier molecular flexibility index (Phi) is 45.1. The van der Waals surface area contributed by atoms with Gasteiger partial charge in [0.2, 0.25) is 0 Å². The molecule has 0 fully saturated rings. The molecule has 0 amide bonds. The zero-order chi connectivity index (χ0) is 63.4. The summed E-state index contributed by atoms with van der Waals surface area (Å²) in [5.74, 6) is 7.71. The molecule has 490 valence electrons. The van der Waals surface area contributed by atoms with Gasteiger partial charge in [-0.2, -0.15) is 0 Å². The van der Waals surface area contributed by atoms with E-state index >= 15 is 0 Å². The van der Waals surface area contributed by atoms with E-state index in [-0.39, 0.29) is 0 Å². The predicted octanol–water partition coefficient (Wildman–Crippen LogP) is 18.5. The van der Waals surface area contributed by atoms with Gasteiger partial charge < -0.3 is 0 Å². The Labute approximate surface area is 523 Å². The van der Waals surface area contributed by atoms with Gasteiger partial charge in [-0.15, -0.1) is 25.5 Å². The second kappa shape index (κ2) is 48.7. The maximum Gasteiger partial charge on any atom is 0.0725 e. The fourth-order valence-electron chi connectivity index (χ4n) is 9.81. The average molecular weight is 1190 g/mol. The highest BCUT2D eigenvalue weighted by Crippen LogP contribution is 2.17. The third kappa shape index (κ3) is 43.1. The van der Waals surface area contributed by atoms with Crippen molar-refractivity contribution in [1.82, 2.24) is 75.0 Å². The standard InChI is InChI=1S/5C14H27N3/c2*1-12(2)7-5-9-14-11-15-16-17(14)10-6-8-13(3)4;2*1-12(2)7-5-6-8-14-11-15-16-17(14)10-9-13(3)4;1-12(2)8-6-5-7-9-14-10-15-16-17(14)11-13(3)4/h4*11-13H,5-10H2,1-4H3;10,12-13H,5-9,11H2,1-4H3. The molecule has 0 aliphatic heterocycles. The van der Waals surface area contributed by atoms with E-state index in [0.29, 0.717) is 5.92 Å². The smallest absolute Gasteiger partial charge is 0.0725 e. The molecule has 5 aromatic rings. The zero-order valence-electron chi connectivity index (χ0n) is 59.1. The minimum absolute atomic E-state index is 0.636. The minimum atomic E-state index is 0.636. The minimum Gasteiger partial charge on any atom is -0.249 e. The molecule has 0 atom stereocenters. The first-order valence-electron chi connectivity index (χ1n) is 34.8. The Morgan fingerprint density at radius 1 is 0.224 bits per heavy atom. The second-order valence-corrected chi connectivity index (χ2v) is 28.9. The van der Waals surface area contributed by atoms with E-state index < -0.39 is 0 Å². The molecule has 15 heteroatoms. The van der Waals surface area contributed by atoms with Crippen LogP contribution in [0.4, 0.5) is 0 Å². The summed E-state index contributed by atoms with van der Waals surface area (Å²) >= 11 is 0. The van der Waals surface area contributed by atoms with Gasteiger partial charge in [-0.1, -0.05) is 222 Å². The van der Waals surface area contributed by atoms with Gasteiger partial charge in [-0.3, -0.25) is 0 Å². The van der Waals surface area contributed by atoms with Gasteiger partial charge in [-0.25, -0.2) is 23.4 Å². The summed E-state index contributed by atoms with van der Waals surface area (Å²) in [4.78, 5) is 0. The van der Waals surface area contributed by atoms with E-state index in [2.05, 4.69) is 213 Å². The maximum absolute atomic E-state index is 4.18. The molecule has 5 aromatic heterocycles. The lowest BCUT2D eigenvalue weighted by Gasteiger charge is -2.08. The SMILES string of the molecule is CC(C)CCCCCc1cnnn1CC(C)C.CC(C)CCCCc1cnnn1CCC(C)C.CC(C)CCCCc1cnnn1CCC(C)C.CC(C)CCCc1cnnn1CCCC(C)C.CC(C)CCCc1cnnn1CCCC(C)C. The molecule has 0 aromatic carbocycles. The van der Waals surface area contributed by atoms with Gasteiger partial charge >= 0.3 is 0 Å². The maximum atomic E-state index is 4.18. The summed E-state index contributed by atoms with van der Waals surface area (Å²) in [6.45, 7) is 50.4. The number of aromatic nitrogens is 15. The van der Waals surface area contributed by atoms with Gasteiger partial charge in [0.25, 0.3) is 0 Å². The fourth-order valence-corrected chi connectivity index (χ4v) is 9.81. The summed E-state index contributed by atoms with van der Waals surface area (Å²) in [7, 11) is 0. The molecule has 0 spiro atoms. The number of aryl methyl sites for hydroxylation is 9. The fraction of sp³-hybridized carbons (Fsp3) is 0.857. The second-order valence-electron chi connectivity index (χ2n) is 28.9. The molecule has 0 unspecified atom stereocenters. The molecular weight excluding hydrogens is 1050 g/mol. The third-order valence-electron chi connectivity index (χ3n) is 15.2. The quantitative estimate of drug-likeness (QED) is 0.0346. The van der Waals surface area contributed by atoms with E-state index in [0.717, 1.165) is 118 Å². The van der Waals surface area contributed by atoms with Crippen LogP contribution in [-0.2, 0) is 64.8 Å². The summed E-state index contributed by atoms with van der Waals surface area (Å²) < 4.78 is 10.4. The molecule has 15 nitrogen and oxygen atoms in total. The van der Waals surface area contributed by atoms with Gasteiger partial charge in [-0.05, 0) is 162 Å². The molecule has 5 rings (SSSR count). The molecule has 0 aliphatic carbocycles. The highest BCUT2D eigenvalue weighted by atomic mass is 15.4. The van der Waals surface area contributed by atoms with Crippen molar-refractivity contribution in [2.24, 2.45) is 59.2 Å². The number of hydrogen-bond donors (Lipinski definition) is 0. The third-order valence-corrected chi connectivity index (χ3v) is 15.2. The van der Waals surface area contributed by atoms with E-state index in [9.17, 15) is 0 Å². The number of hydrogen-bond acceptors (Lipinski definition) is 10. The topological polar surface area (TPSA) is 154 Å². The van der Waals surface area contributed by atoms with Crippen molar-refractivity contribution < 1.29 is 0 Å². The molecule has 0 saturated heterocycles. The van der Waals surface area contributed by atoms with Crippen LogP contribution in [0.1, 0.15) is 295 Å². The largest absolute Gasteiger partial charge is 0.249 e. The van der Waals surface area contributed by atoms with Crippen molar-refractivity contribution in [3.8, 4) is 0 Å². The van der Waals surface area contributed by atoms with Gasteiger partial charge in [0, 0.05) is 32.7 Å². The lowest BCUT2D eigenvalue weighted by atomic mass is 10.0. The van der Waals surface area contributed by atoms with Gasteiger partial charge in [0.05, 0.1) is 59.5 Å². The van der Waals surface area contributed by atoms with Crippen molar-refractivity contribution in [3.63, 3.8) is 0 Å². The molecule has 0 radical (unpaired) electrons. The highest BCUT2D eigenvalue weighted by Gasteiger charge is 2.10. The molecule has 0 aliphatic rings. The number of rotatable bonds is 40. The molecule has 85 heavy (non-hydrogen) atoms. The molecular formula is C70H135N15. The first-order valence-corrected chi connectivity index (χ1v) is 34.8.